The van der Waals surface area contributed by atoms with Crippen molar-refractivity contribution in [3.05, 3.63) is 65.2 Å². The minimum Gasteiger partial charge on any atom is -0.311 e. The second kappa shape index (κ2) is 7.18. The maximum absolute atomic E-state index is 12.6. The second-order valence-electron chi connectivity index (χ2n) is 6.85. The molecule has 24 heavy (non-hydrogen) atoms. The molecule has 1 atom stereocenters. The highest BCUT2D eigenvalue weighted by Gasteiger charge is 2.24. The number of nitrogens with zero attached hydrogens (tertiary/aromatic N) is 1. The number of rotatable bonds is 5. The van der Waals surface area contributed by atoms with E-state index in [1.807, 2.05) is 23.1 Å². The third kappa shape index (κ3) is 3.51. The van der Waals surface area contributed by atoms with Gasteiger partial charge in [0.15, 0.2) is 0 Å². The average molecular weight is 322 g/mol. The summed E-state index contributed by atoms with van der Waals surface area (Å²) in [7, 11) is 0. The van der Waals surface area contributed by atoms with Gasteiger partial charge < -0.3 is 10.2 Å². The van der Waals surface area contributed by atoms with Crippen LogP contribution in [0, 0.1) is 0 Å². The first kappa shape index (κ1) is 16.7. The molecule has 0 radical (unpaired) electrons. The molecule has 1 aliphatic rings. The number of para-hydroxylation sites is 1. The largest absolute Gasteiger partial charge is 0.311 e. The fourth-order valence-corrected chi connectivity index (χ4v) is 3.22. The number of carbonyl (C=O) groups excluding carboxylic acids is 1. The van der Waals surface area contributed by atoms with Gasteiger partial charge in [0.2, 0.25) is 5.91 Å². The fraction of sp³-hybridized carbons (Fsp3) is 0.381. The van der Waals surface area contributed by atoms with Crippen LogP contribution in [-0.2, 0) is 11.2 Å². The molecule has 3 heteroatoms. The summed E-state index contributed by atoms with van der Waals surface area (Å²) in [4.78, 5) is 14.5. The number of amides is 1. The quantitative estimate of drug-likeness (QED) is 0.900. The molecule has 3 rings (SSSR count). The van der Waals surface area contributed by atoms with E-state index in [1.54, 1.807) is 0 Å². The van der Waals surface area contributed by atoms with Crippen LogP contribution in [0.3, 0.4) is 0 Å². The topological polar surface area (TPSA) is 32.3 Å². The predicted octanol–water partition coefficient (Wildman–Crippen LogP) is 4.05. The van der Waals surface area contributed by atoms with Crippen molar-refractivity contribution in [2.75, 3.05) is 18.0 Å². The molecule has 1 heterocycles. The highest BCUT2D eigenvalue weighted by Crippen LogP contribution is 2.27. The Morgan fingerprint density at radius 3 is 2.42 bits per heavy atom. The van der Waals surface area contributed by atoms with Gasteiger partial charge in [-0.05, 0) is 42.0 Å². The summed E-state index contributed by atoms with van der Waals surface area (Å²) in [6.07, 6.45) is 0.953. The molecule has 0 bridgehead atoms. The molecule has 0 aliphatic carbocycles. The number of anilines is 1. The van der Waals surface area contributed by atoms with Gasteiger partial charge in [-0.3, -0.25) is 4.79 Å². The van der Waals surface area contributed by atoms with Crippen LogP contribution in [0.5, 0.6) is 0 Å². The lowest BCUT2D eigenvalue weighted by atomic mass is 9.99. The molecule has 1 aliphatic heterocycles. The van der Waals surface area contributed by atoms with Crippen molar-refractivity contribution in [3.8, 4) is 0 Å². The zero-order chi connectivity index (χ0) is 17.1. The molecule has 2 aromatic carbocycles. The van der Waals surface area contributed by atoms with Crippen molar-refractivity contribution in [3.63, 3.8) is 0 Å². The van der Waals surface area contributed by atoms with Crippen LogP contribution >= 0.6 is 0 Å². The number of carbonyl (C=O) groups is 1. The van der Waals surface area contributed by atoms with Crippen molar-refractivity contribution < 1.29 is 4.79 Å². The molecule has 0 unspecified atom stereocenters. The molecule has 0 aromatic heterocycles. The molecular formula is C21H26N2O. The SMILES string of the molecule is CC(C)c1ccc([C@@H](C)NCC(=O)N2CCc3ccccc32)cc1. The van der Waals surface area contributed by atoms with E-state index < -0.39 is 0 Å². The number of hydrogen-bond acceptors (Lipinski definition) is 2. The van der Waals surface area contributed by atoms with E-state index in [-0.39, 0.29) is 11.9 Å². The standard InChI is InChI=1S/C21H26N2O/c1-15(2)17-8-10-18(11-9-17)16(3)22-14-21(24)23-13-12-19-6-4-5-7-20(19)23/h4-11,15-16,22H,12-14H2,1-3H3/t16-/m1/s1. The van der Waals surface area contributed by atoms with Gasteiger partial charge in [-0.1, -0.05) is 56.3 Å². The maximum Gasteiger partial charge on any atom is 0.240 e. The summed E-state index contributed by atoms with van der Waals surface area (Å²) in [5.41, 5.74) is 4.89. The summed E-state index contributed by atoms with van der Waals surface area (Å²) in [6, 6.07) is 17.0. The normalized spacial score (nSPS) is 14.8. The maximum atomic E-state index is 12.6. The minimum absolute atomic E-state index is 0.144. The third-order valence-corrected chi connectivity index (χ3v) is 4.85. The zero-order valence-corrected chi connectivity index (χ0v) is 14.8. The van der Waals surface area contributed by atoms with Crippen LogP contribution in [0.1, 0.15) is 49.4 Å². The van der Waals surface area contributed by atoms with Gasteiger partial charge in [-0.2, -0.15) is 0 Å². The number of benzene rings is 2. The molecule has 3 nitrogen and oxygen atoms in total. The lowest BCUT2D eigenvalue weighted by molar-refractivity contribution is -0.117. The highest BCUT2D eigenvalue weighted by atomic mass is 16.2. The van der Waals surface area contributed by atoms with Crippen LogP contribution in [0.25, 0.3) is 0 Å². The van der Waals surface area contributed by atoms with Gasteiger partial charge in [-0.15, -0.1) is 0 Å². The van der Waals surface area contributed by atoms with E-state index in [0.29, 0.717) is 12.5 Å². The summed E-state index contributed by atoms with van der Waals surface area (Å²) in [5.74, 6) is 0.685. The van der Waals surface area contributed by atoms with Gasteiger partial charge in [0.25, 0.3) is 0 Å². The molecular weight excluding hydrogens is 296 g/mol. The molecule has 1 amide bonds. The smallest absolute Gasteiger partial charge is 0.240 e. The first-order valence-electron chi connectivity index (χ1n) is 8.78. The molecule has 0 saturated heterocycles. The summed E-state index contributed by atoms with van der Waals surface area (Å²) < 4.78 is 0. The van der Waals surface area contributed by atoms with Crippen LogP contribution in [0.15, 0.2) is 48.5 Å². The summed E-state index contributed by atoms with van der Waals surface area (Å²) in [5, 5.41) is 3.36. The average Bonchev–Trinajstić information content (AvgIpc) is 3.03. The molecule has 126 valence electrons. The zero-order valence-electron chi connectivity index (χ0n) is 14.8. The van der Waals surface area contributed by atoms with E-state index in [2.05, 4.69) is 56.4 Å². The van der Waals surface area contributed by atoms with E-state index >= 15 is 0 Å². The second-order valence-corrected chi connectivity index (χ2v) is 6.85. The third-order valence-electron chi connectivity index (χ3n) is 4.85. The summed E-state index contributed by atoms with van der Waals surface area (Å²) in [6.45, 7) is 7.65. The monoisotopic (exact) mass is 322 g/mol. The fourth-order valence-electron chi connectivity index (χ4n) is 3.22. The van der Waals surface area contributed by atoms with E-state index in [4.69, 9.17) is 0 Å². The van der Waals surface area contributed by atoms with Crippen molar-refractivity contribution >= 4 is 11.6 Å². The molecule has 1 N–H and O–H groups in total. The Bertz CT molecular complexity index is 706. The van der Waals surface area contributed by atoms with Gasteiger partial charge in [0, 0.05) is 18.3 Å². The van der Waals surface area contributed by atoms with E-state index in [1.165, 1.54) is 16.7 Å². The lowest BCUT2D eigenvalue weighted by Crippen LogP contribution is -2.38. The number of fused-ring (bicyclic) bond motifs is 1. The predicted molar refractivity (Wildman–Crippen MR) is 99.4 cm³/mol. The Morgan fingerprint density at radius 2 is 1.71 bits per heavy atom. The first-order chi connectivity index (χ1) is 11.6. The highest BCUT2D eigenvalue weighted by molar-refractivity contribution is 5.96. The summed E-state index contributed by atoms with van der Waals surface area (Å²) >= 11 is 0. The van der Waals surface area contributed by atoms with Crippen LogP contribution in [0.4, 0.5) is 5.69 Å². The molecule has 2 aromatic rings. The lowest BCUT2D eigenvalue weighted by Gasteiger charge is -2.20. The van der Waals surface area contributed by atoms with E-state index in [9.17, 15) is 4.79 Å². The minimum atomic E-state index is 0.144. The van der Waals surface area contributed by atoms with Crippen molar-refractivity contribution in [1.29, 1.82) is 0 Å². The Hall–Kier alpha value is -2.13. The van der Waals surface area contributed by atoms with E-state index in [0.717, 1.165) is 18.7 Å². The van der Waals surface area contributed by atoms with Gasteiger partial charge in [0.05, 0.1) is 6.54 Å². The Kier molecular flexibility index (Phi) is 5.00. The van der Waals surface area contributed by atoms with Gasteiger partial charge >= 0.3 is 0 Å². The number of hydrogen-bond donors (Lipinski definition) is 1. The van der Waals surface area contributed by atoms with Crippen molar-refractivity contribution in [2.24, 2.45) is 0 Å². The number of nitrogens with one attached hydrogen (secondary N) is 1. The van der Waals surface area contributed by atoms with Gasteiger partial charge in [-0.25, -0.2) is 0 Å². The molecule has 0 fully saturated rings. The van der Waals surface area contributed by atoms with Crippen LogP contribution in [0.2, 0.25) is 0 Å². The molecule has 0 saturated carbocycles. The first-order valence-corrected chi connectivity index (χ1v) is 8.78. The molecule has 0 spiro atoms. The van der Waals surface area contributed by atoms with Crippen molar-refractivity contribution in [2.45, 2.75) is 39.2 Å². The Labute approximate surface area is 144 Å². The van der Waals surface area contributed by atoms with Crippen LogP contribution in [-0.4, -0.2) is 19.0 Å². The Balaban J connectivity index is 1.58. The van der Waals surface area contributed by atoms with Crippen LogP contribution < -0.4 is 10.2 Å². The van der Waals surface area contributed by atoms with Gasteiger partial charge in [0.1, 0.15) is 0 Å². The Morgan fingerprint density at radius 1 is 1.04 bits per heavy atom. The van der Waals surface area contributed by atoms with Crippen molar-refractivity contribution in [1.82, 2.24) is 5.32 Å².